The van der Waals surface area contributed by atoms with Gasteiger partial charge in [0.2, 0.25) is 0 Å². The van der Waals surface area contributed by atoms with Crippen LogP contribution in [-0.2, 0) is 33.3 Å². The van der Waals surface area contributed by atoms with Crippen LogP contribution in [0.15, 0.2) is 0 Å². The summed E-state index contributed by atoms with van der Waals surface area (Å²) < 4.78 is 20.8. The molecule has 7 heteroatoms. The van der Waals surface area contributed by atoms with E-state index in [1.54, 1.807) is 0 Å². The predicted molar refractivity (Wildman–Crippen MR) is 66.6 cm³/mol. The fraction of sp³-hybridized carbons (Fsp3) is 0.769. The summed E-state index contributed by atoms with van der Waals surface area (Å²) in [5, 5.41) is 0. The molecule has 0 N–H and O–H groups in total. The van der Waals surface area contributed by atoms with E-state index in [4.69, 9.17) is 18.9 Å². The molecule has 0 spiro atoms. The van der Waals surface area contributed by atoms with Gasteiger partial charge >= 0.3 is 17.9 Å². The summed E-state index contributed by atoms with van der Waals surface area (Å²) in [6, 6.07) is 0. The van der Waals surface area contributed by atoms with Crippen molar-refractivity contribution in [3.05, 3.63) is 0 Å². The van der Waals surface area contributed by atoms with E-state index in [9.17, 15) is 14.4 Å². The normalized spacial score (nSPS) is 29.4. The second kappa shape index (κ2) is 7.23. The monoisotopic (exact) mass is 288 g/mol. The number of esters is 3. The van der Waals surface area contributed by atoms with E-state index in [0.29, 0.717) is 6.61 Å². The second-order valence-electron chi connectivity index (χ2n) is 4.80. The van der Waals surface area contributed by atoms with Gasteiger partial charge in [0.25, 0.3) is 0 Å². The molecule has 1 aliphatic rings. The maximum absolute atomic E-state index is 11.2. The smallest absolute Gasteiger partial charge is 0.303 e. The molecule has 1 heterocycles. The average molecular weight is 288 g/mol. The fourth-order valence-corrected chi connectivity index (χ4v) is 2.05. The first kappa shape index (κ1) is 16.4. The van der Waals surface area contributed by atoms with Crippen LogP contribution < -0.4 is 0 Å². The van der Waals surface area contributed by atoms with Crippen LogP contribution in [0.25, 0.3) is 0 Å². The van der Waals surface area contributed by atoms with E-state index in [-0.39, 0.29) is 12.5 Å². The van der Waals surface area contributed by atoms with Crippen LogP contribution in [0.1, 0.15) is 27.7 Å². The molecule has 114 valence electrons. The lowest BCUT2D eigenvalue weighted by Crippen LogP contribution is -2.54. The molecule has 1 fully saturated rings. The van der Waals surface area contributed by atoms with E-state index in [2.05, 4.69) is 0 Å². The zero-order valence-electron chi connectivity index (χ0n) is 12.1. The van der Waals surface area contributed by atoms with E-state index in [1.807, 2.05) is 6.92 Å². The molecule has 7 nitrogen and oxygen atoms in total. The van der Waals surface area contributed by atoms with Gasteiger partial charge in [0.05, 0.1) is 6.61 Å². The Labute approximate surface area is 117 Å². The van der Waals surface area contributed by atoms with Crippen LogP contribution in [0.2, 0.25) is 0 Å². The number of ether oxygens (including phenoxy) is 4. The van der Waals surface area contributed by atoms with Crippen molar-refractivity contribution >= 4 is 17.9 Å². The third-order valence-corrected chi connectivity index (χ3v) is 2.88. The lowest BCUT2D eigenvalue weighted by molar-refractivity contribution is -0.212. The predicted octanol–water partition coefficient (Wildman–Crippen LogP) is 0.448. The zero-order chi connectivity index (χ0) is 15.3. The molecule has 1 rings (SSSR count). The van der Waals surface area contributed by atoms with Gasteiger partial charge in [-0.15, -0.1) is 0 Å². The van der Waals surface area contributed by atoms with E-state index >= 15 is 0 Å². The van der Waals surface area contributed by atoms with Gasteiger partial charge in [-0.25, -0.2) is 0 Å². The van der Waals surface area contributed by atoms with Crippen LogP contribution in [0.5, 0.6) is 0 Å². The van der Waals surface area contributed by atoms with Gasteiger partial charge in [0.1, 0.15) is 18.8 Å². The molecular weight excluding hydrogens is 268 g/mol. The molecule has 0 bridgehead atoms. The van der Waals surface area contributed by atoms with Crippen molar-refractivity contribution in [2.75, 3.05) is 13.2 Å². The summed E-state index contributed by atoms with van der Waals surface area (Å²) in [4.78, 5) is 33.2. The summed E-state index contributed by atoms with van der Waals surface area (Å²) in [6.07, 6.45) is -2.06. The maximum Gasteiger partial charge on any atom is 0.303 e. The molecule has 0 aromatic heterocycles. The molecule has 0 aromatic rings. The minimum absolute atomic E-state index is 0.0578. The topological polar surface area (TPSA) is 88.1 Å². The Kier molecular flexibility index (Phi) is 5.94. The first-order valence-corrected chi connectivity index (χ1v) is 6.40. The quantitative estimate of drug-likeness (QED) is 0.548. The maximum atomic E-state index is 11.2. The number of carbonyl (C=O) groups excluding carboxylic acids is 3. The van der Waals surface area contributed by atoms with Crippen molar-refractivity contribution in [1.82, 2.24) is 0 Å². The average Bonchev–Trinajstić information content (AvgIpc) is 2.31. The van der Waals surface area contributed by atoms with Gasteiger partial charge < -0.3 is 18.9 Å². The highest BCUT2D eigenvalue weighted by Gasteiger charge is 2.43. The highest BCUT2D eigenvalue weighted by atomic mass is 16.6. The molecule has 0 radical (unpaired) electrons. The molecule has 0 aromatic carbocycles. The van der Waals surface area contributed by atoms with Crippen LogP contribution in [-0.4, -0.2) is 49.4 Å². The first-order valence-electron chi connectivity index (χ1n) is 6.40. The summed E-state index contributed by atoms with van der Waals surface area (Å²) in [7, 11) is 0. The standard InChI is InChI=1S/C13H20O7/c1-7-5-18-11(6-17-8(2)14)13(20-10(4)16)12(7)19-9(3)15/h7,11-13H,5-6H2,1-4H3/t7-,11+,12+,13+/m0/s1. The van der Waals surface area contributed by atoms with Crippen molar-refractivity contribution in [3.63, 3.8) is 0 Å². The molecule has 0 saturated carbocycles. The molecule has 20 heavy (non-hydrogen) atoms. The molecule has 1 saturated heterocycles. The van der Waals surface area contributed by atoms with Crippen LogP contribution in [0, 0.1) is 5.92 Å². The number of carbonyl (C=O) groups is 3. The van der Waals surface area contributed by atoms with Gasteiger partial charge in [-0.3, -0.25) is 14.4 Å². The first-order chi connectivity index (χ1) is 9.31. The lowest BCUT2D eigenvalue weighted by Gasteiger charge is -2.39. The second-order valence-corrected chi connectivity index (χ2v) is 4.80. The minimum atomic E-state index is -0.792. The fourth-order valence-electron chi connectivity index (χ4n) is 2.05. The van der Waals surface area contributed by atoms with Gasteiger partial charge in [-0.1, -0.05) is 6.92 Å². The van der Waals surface area contributed by atoms with Crippen LogP contribution >= 0.6 is 0 Å². The molecular formula is C13H20O7. The van der Waals surface area contributed by atoms with E-state index in [0.717, 1.165) is 0 Å². The molecule has 0 aliphatic carbocycles. The van der Waals surface area contributed by atoms with Gasteiger partial charge in [-0.05, 0) is 0 Å². The summed E-state index contributed by atoms with van der Waals surface area (Å²) in [5.41, 5.74) is 0. The van der Waals surface area contributed by atoms with Crippen molar-refractivity contribution in [2.24, 2.45) is 5.92 Å². The third kappa shape index (κ3) is 4.80. The SMILES string of the molecule is CC(=O)OC[C@H]1OC[C@H](C)[C@@H](OC(C)=O)[C@@H]1OC(C)=O. The summed E-state index contributed by atoms with van der Waals surface area (Å²) >= 11 is 0. The number of hydrogen-bond acceptors (Lipinski definition) is 7. The van der Waals surface area contributed by atoms with Gasteiger partial charge in [-0.2, -0.15) is 0 Å². The van der Waals surface area contributed by atoms with Crippen molar-refractivity contribution < 1.29 is 33.3 Å². The Morgan fingerprint density at radius 2 is 1.55 bits per heavy atom. The van der Waals surface area contributed by atoms with E-state index in [1.165, 1.54) is 20.8 Å². The Balaban J connectivity index is 2.83. The highest BCUT2D eigenvalue weighted by Crippen LogP contribution is 2.26. The Hall–Kier alpha value is -1.63. The number of rotatable bonds is 4. The largest absolute Gasteiger partial charge is 0.463 e. The van der Waals surface area contributed by atoms with Gasteiger partial charge in [0, 0.05) is 26.7 Å². The third-order valence-electron chi connectivity index (χ3n) is 2.88. The molecule has 0 unspecified atom stereocenters. The van der Waals surface area contributed by atoms with Crippen LogP contribution in [0.4, 0.5) is 0 Å². The number of hydrogen-bond donors (Lipinski definition) is 0. The molecule has 1 aliphatic heterocycles. The molecule has 0 amide bonds. The lowest BCUT2D eigenvalue weighted by atomic mass is 9.93. The van der Waals surface area contributed by atoms with E-state index < -0.39 is 36.2 Å². The Bertz CT molecular complexity index is 379. The van der Waals surface area contributed by atoms with Crippen molar-refractivity contribution in [1.29, 1.82) is 0 Å². The summed E-state index contributed by atoms with van der Waals surface area (Å²) in [6.45, 7) is 5.91. The van der Waals surface area contributed by atoms with Crippen LogP contribution in [0.3, 0.4) is 0 Å². The zero-order valence-corrected chi connectivity index (χ0v) is 12.1. The molecule has 4 atom stereocenters. The minimum Gasteiger partial charge on any atom is -0.463 e. The Morgan fingerprint density at radius 1 is 1.00 bits per heavy atom. The van der Waals surface area contributed by atoms with Gasteiger partial charge in [0.15, 0.2) is 6.10 Å². The Morgan fingerprint density at radius 3 is 2.05 bits per heavy atom. The summed E-state index contributed by atoms with van der Waals surface area (Å²) in [5.74, 6) is -1.57. The van der Waals surface area contributed by atoms with Crippen molar-refractivity contribution in [3.8, 4) is 0 Å². The van der Waals surface area contributed by atoms with Crippen molar-refractivity contribution in [2.45, 2.75) is 46.0 Å². The highest BCUT2D eigenvalue weighted by molar-refractivity contribution is 5.67.